The molecular formula is C22H23NO2. The summed E-state index contributed by atoms with van der Waals surface area (Å²) < 4.78 is 7.73. The molecule has 1 atom stereocenters. The minimum atomic E-state index is -0.268. The number of fused-ring (bicyclic) bond motifs is 5. The van der Waals surface area contributed by atoms with E-state index in [1.807, 2.05) is 6.92 Å². The Hall–Kier alpha value is -2.55. The van der Waals surface area contributed by atoms with Crippen molar-refractivity contribution in [2.75, 3.05) is 6.61 Å². The average molecular weight is 333 g/mol. The number of carbonyl (C=O) groups is 1. The van der Waals surface area contributed by atoms with Gasteiger partial charge >= 0.3 is 5.97 Å². The summed E-state index contributed by atoms with van der Waals surface area (Å²) in [6.45, 7) is 5.47. The van der Waals surface area contributed by atoms with Crippen molar-refractivity contribution in [1.82, 2.24) is 4.57 Å². The number of aromatic nitrogens is 1. The Morgan fingerprint density at radius 2 is 1.92 bits per heavy atom. The molecule has 3 nitrogen and oxygen atoms in total. The van der Waals surface area contributed by atoms with Crippen molar-refractivity contribution in [1.29, 1.82) is 0 Å². The average Bonchev–Trinajstić information content (AvgIpc) is 2.99. The highest BCUT2D eigenvalue weighted by Gasteiger charge is 2.37. The third-order valence-electron chi connectivity index (χ3n) is 5.17. The number of hydrogen-bond donors (Lipinski definition) is 0. The number of ether oxygens (including phenoxy) is 1. The van der Waals surface area contributed by atoms with Crippen molar-refractivity contribution in [3.63, 3.8) is 0 Å². The third-order valence-corrected chi connectivity index (χ3v) is 5.17. The second kappa shape index (κ2) is 6.07. The molecule has 1 aliphatic rings. The summed E-state index contributed by atoms with van der Waals surface area (Å²) in [5.41, 5.74) is 4.64. The Balaban J connectivity index is 1.82. The molecule has 0 amide bonds. The zero-order valence-corrected chi connectivity index (χ0v) is 14.8. The third kappa shape index (κ3) is 2.64. The summed E-state index contributed by atoms with van der Waals surface area (Å²) in [7, 11) is 0. The van der Waals surface area contributed by atoms with Gasteiger partial charge in [0.2, 0.25) is 0 Å². The smallest absolute Gasteiger partial charge is 0.306 e. The molecule has 0 saturated carbocycles. The van der Waals surface area contributed by atoms with Crippen LogP contribution in [-0.2, 0) is 21.5 Å². The minimum absolute atomic E-state index is 0.112. The summed E-state index contributed by atoms with van der Waals surface area (Å²) >= 11 is 0. The van der Waals surface area contributed by atoms with Gasteiger partial charge in [-0.2, -0.15) is 0 Å². The van der Waals surface area contributed by atoms with Crippen LogP contribution >= 0.6 is 0 Å². The number of esters is 1. The van der Waals surface area contributed by atoms with E-state index in [0.717, 1.165) is 13.0 Å². The lowest BCUT2D eigenvalue weighted by atomic mass is 9.74. The van der Waals surface area contributed by atoms with Crippen molar-refractivity contribution in [3.8, 4) is 11.3 Å². The van der Waals surface area contributed by atoms with Crippen molar-refractivity contribution in [2.24, 2.45) is 0 Å². The first-order chi connectivity index (χ1) is 12.1. The first kappa shape index (κ1) is 15.9. The molecule has 1 aliphatic heterocycles. The first-order valence-electron chi connectivity index (χ1n) is 8.96. The lowest BCUT2D eigenvalue weighted by molar-refractivity contribution is -0.145. The molecule has 128 valence electrons. The number of benzene rings is 2. The molecule has 1 unspecified atom stereocenters. The summed E-state index contributed by atoms with van der Waals surface area (Å²) in [4.78, 5) is 12.4. The maximum Gasteiger partial charge on any atom is 0.306 e. The van der Waals surface area contributed by atoms with Gasteiger partial charge in [-0.15, -0.1) is 0 Å². The molecule has 0 spiro atoms. The maximum atomic E-state index is 12.4. The number of nitrogens with zero attached hydrogens (tertiary/aromatic N) is 1. The van der Waals surface area contributed by atoms with Crippen LogP contribution in [0.2, 0.25) is 0 Å². The minimum Gasteiger partial charge on any atom is -0.466 e. The molecule has 1 aromatic heterocycles. The fraction of sp³-hybridized carbons (Fsp3) is 0.318. The molecule has 2 heterocycles. The summed E-state index contributed by atoms with van der Waals surface area (Å²) in [5, 5.41) is 1.24. The van der Waals surface area contributed by atoms with Gasteiger partial charge < -0.3 is 9.30 Å². The van der Waals surface area contributed by atoms with Gasteiger partial charge in [0.1, 0.15) is 0 Å². The van der Waals surface area contributed by atoms with Crippen LogP contribution in [0.3, 0.4) is 0 Å². The lowest BCUT2D eigenvalue weighted by Gasteiger charge is -2.37. The van der Waals surface area contributed by atoms with E-state index in [1.165, 1.54) is 27.7 Å². The van der Waals surface area contributed by atoms with Crippen molar-refractivity contribution in [2.45, 2.75) is 38.6 Å². The quantitative estimate of drug-likeness (QED) is 0.634. The molecule has 4 rings (SSSR count). The van der Waals surface area contributed by atoms with E-state index in [1.54, 1.807) is 0 Å². The SMILES string of the molecule is CCCOC(=O)CC1(C)Cn2c(cc3ccccc32)-c2ccccc21. The van der Waals surface area contributed by atoms with E-state index in [9.17, 15) is 4.79 Å². The second-order valence-corrected chi connectivity index (χ2v) is 7.18. The molecule has 3 aromatic rings. The molecule has 0 bridgehead atoms. The molecule has 0 aliphatic carbocycles. The van der Waals surface area contributed by atoms with Crippen LogP contribution in [-0.4, -0.2) is 17.1 Å². The van der Waals surface area contributed by atoms with Crippen LogP contribution in [0.25, 0.3) is 22.2 Å². The van der Waals surface area contributed by atoms with E-state index in [2.05, 4.69) is 66.1 Å². The topological polar surface area (TPSA) is 31.2 Å². The highest BCUT2D eigenvalue weighted by molar-refractivity contribution is 5.89. The van der Waals surface area contributed by atoms with Crippen molar-refractivity contribution < 1.29 is 9.53 Å². The predicted octanol–water partition coefficient (Wildman–Crippen LogP) is 4.92. The van der Waals surface area contributed by atoms with Crippen LogP contribution in [0.1, 0.15) is 32.3 Å². The molecule has 0 N–H and O–H groups in total. The van der Waals surface area contributed by atoms with Gasteiger partial charge in [-0.25, -0.2) is 0 Å². The van der Waals surface area contributed by atoms with Gasteiger partial charge in [0.25, 0.3) is 0 Å². The Morgan fingerprint density at radius 3 is 2.76 bits per heavy atom. The van der Waals surface area contributed by atoms with Gasteiger partial charge in [0.15, 0.2) is 0 Å². The molecule has 0 saturated heterocycles. The van der Waals surface area contributed by atoms with E-state index in [-0.39, 0.29) is 11.4 Å². The Bertz CT molecular complexity index is 940. The molecular weight excluding hydrogens is 310 g/mol. The van der Waals surface area contributed by atoms with Gasteiger partial charge in [-0.3, -0.25) is 4.79 Å². The maximum absolute atomic E-state index is 12.4. The summed E-state index contributed by atoms with van der Waals surface area (Å²) in [6, 6.07) is 19.2. The zero-order chi connectivity index (χ0) is 17.4. The van der Waals surface area contributed by atoms with Gasteiger partial charge in [-0.1, -0.05) is 56.3 Å². The normalized spacial score (nSPS) is 18.6. The van der Waals surface area contributed by atoms with E-state index in [0.29, 0.717) is 13.0 Å². The highest BCUT2D eigenvalue weighted by Crippen LogP contribution is 2.44. The highest BCUT2D eigenvalue weighted by atomic mass is 16.5. The number of hydrogen-bond acceptors (Lipinski definition) is 2. The van der Waals surface area contributed by atoms with Crippen LogP contribution in [0.4, 0.5) is 0 Å². The Morgan fingerprint density at radius 1 is 1.16 bits per heavy atom. The fourth-order valence-electron chi connectivity index (χ4n) is 4.01. The standard InChI is InChI=1S/C22H23NO2/c1-3-12-25-21(24)14-22(2)15-23-19-11-7-4-8-16(19)13-20(23)17-9-5-6-10-18(17)22/h4-11,13H,3,12,14-15H2,1-2H3. The molecule has 0 fully saturated rings. The van der Waals surface area contributed by atoms with E-state index in [4.69, 9.17) is 4.74 Å². The number of rotatable bonds is 4. The fourth-order valence-corrected chi connectivity index (χ4v) is 4.01. The van der Waals surface area contributed by atoms with Crippen LogP contribution in [0.5, 0.6) is 0 Å². The van der Waals surface area contributed by atoms with Gasteiger partial charge in [0, 0.05) is 34.1 Å². The Kier molecular flexibility index (Phi) is 3.87. The van der Waals surface area contributed by atoms with E-state index >= 15 is 0 Å². The molecule has 3 heteroatoms. The van der Waals surface area contributed by atoms with Crippen molar-refractivity contribution >= 4 is 16.9 Å². The number of para-hydroxylation sites is 1. The largest absolute Gasteiger partial charge is 0.466 e. The summed E-state index contributed by atoms with van der Waals surface area (Å²) in [6.07, 6.45) is 1.25. The van der Waals surface area contributed by atoms with Gasteiger partial charge in [-0.05, 0) is 24.1 Å². The van der Waals surface area contributed by atoms with Crippen LogP contribution < -0.4 is 0 Å². The molecule has 0 radical (unpaired) electrons. The van der Waals surface area contributed by atoms with Gasteiger partial charge in [0.05, 0.1) is 13.0 Å². The number of carbonyl (C=O) groups excluding carboxylic acids is 1. The zero-order valence-electron chi connectivity index (χ0n) is 14.8. The molecule has 2 aromatic carbocycles. The monoisotopic (exact) mass is 333 g/mol. The van der Waals surface area contributed by atoms with Crippen molar-refractivity contribution in [3.05, 3.63) is 60.2 Å². The predicted molar refractivity (Wildman–Crippen MR) is 101 cm³/mol. The van der Waals surface area contributed by atoms with E-state index < -0.39 is 0 Å². The molecule has 25 heavy (non-hydrogen) atoms. The lowest BCUT2D eigenvalue weighted by Crippen LogP contribution is -2.35. The second-order valence-electron chi connectivity index (χ2n) is 7.18. The summed E-state index contributed by atoms with van der Waals surface area (Å²) in [5.74, 6) is -0.112. The van der Waals surface area contributed by atoms with Crippen LogP contribution in [0.15, 0.2) is 54.6 Å². The van der Waals surface area contributed by atoms with Crippen LogP contribution in [0, 0.1) is 0 Å². The Labute approximate surface area is 148 Å². The first-order valence-corrected chi connectivity index (χ1v) is 8.96.